The lowest BCUT2D eigenvalue weighted by Crippen LogP contribution is -2.41. The van der Waals surface area contributed by atoms with E-state index in [1.807, 2.05) is 11.0 Å². The molecule has 1 heterocycles. The van der Waals surface area contributed by atoms with Gasteiger partial charge in [0.25, 0.3) is 5.91 Å². The molecule has 1 aromatic rings. The molecule has 2 rings (SSSR count). The molecule has 0 bridgehead atoms. The molecule has 1 aliphatic rings. The molecule has 0 saturated carbocycles. The quantitative estimate of drug-likeness (QED) is 0.785. The first-order chi connectivity index (χ1) is 10.0. The summed E-state index contributed by atoms with van der Waals surface area (Å²) in [5, 5.41) is 0.438. The molecule has 5 heteroatoms. The first-order valence-electron chi connectivity index (χ1n) is 7.25. The van der Waals surface area contributed by atoms with Crippen LogP contribution in [0.3, 0.4) is 0 Å². The van der Waals surface area contributed by atoms with Crippen LogP contribution >= 0.6 is 27.5 Å². The molecular weight excluding hydrogens is 354 g/mol. The van der Waals surface area contributed by atoms with E-state index in [-0.39, 0.29) is 17.7 Å². The summed E-state index contributed by atoms with van der Waals surface area (Å²) in [6.45, 7) is 2.28. The van der Waals surface area contributed by atoms with Crippen LogP contribution in [-0.4, -0.2) is 29.2 Å². The van der Waals surface area contributed by atoms with Crippen LogP contribution in [0.1, 0.15) is 49.4 Å². The van der Waals surface area contributed by atoms with Gasteiger partial charge in [0.15, 0.2) is 0 Å². The van der Waals surface area contributed by atoms with Gasteiger partial charge in [0.05, 0.1) is 10.6 Å². The fraction of sp³-hybridized carbons (Fsp3) is 0.500. The Morgan fingerprint density at radius 3 is 2.81 bits per heavy atom. The first-order valence-corrected chi connectivity index (χ1v) is 8.42. The molecule has 1 aromatic carbocycles. The smallest absolute Gasteiger partial charge is 0.255 e. The van der Waals surface area contributed by atoms with Gasteiger partial charge < -0.3 is 4.90 Å². The minimum atomic E-state index is -0.0746. The Kier molecular flexibility index (Phi) is 5.82. The van der Waals surface area contributed by atoms with E-state index in [2.05, 4.69) is 15.9 Å². The van der Waals surface area contributed by atoms with Crippen LogP contribution in [0.4, 0.5) is 0 Å². The van der Waals surface area contributed by atoms with Gasteiger partial charge in [-0.3, -0.25) is 9.59 Å². The van der Waals surface area contributed by atoms with Crippen molar-refractivity contribution >= 4 is 39.2 Å². The van der Waals surface area contributed by atoms with Crippen LogP contribution < -0.4 is 0 Å². The van der Waals surface area contributed by atoms with Crippen molar-refractivity contribution in [2.24, 2.45) is 0 Å². The fourth-order valence-corrected chi connectivity index (χ4v) is 3.39. The SMILES string of the molecule is CC(=O)CC1CCCCCN1C(=O)c1cccc(Br)c1Cl. The number of halogens is 2. The molecule has 114 valence electrons. The van der Waals surface area contributed by atoms with Gasteiger partial charge in [-0.1, -0.05) is 30.5 Å². The summed E-state index contributed by atoms with van der Waals surface area (Å²) in [5.74, 6) is 0.0505. The van der Waals surface area contributed by atoms with Crippen molar-refractivity contribution in [2.75, 3.05) is 6.54 Å². The highest BCUT2D eigenvalue weighted by atomic mass is 79.9. The van der Waals surface area contributed by atoms with Crippen LogP contribution in [0.2, 0.25) is 5.02 Å². The molecule has 0 aromatic heterocycles. The van der Waals surface area contributed by atoms with E-state index in [1.54, 1.807) is 19.1 Å². The van der Waals surface area contributed by atoms with Crippen molar-refractivity contribution < 1.29 is 9.59 Å². The predicted octanol–water partition coefficient (Wildman–Crippen LogP) is 4.47. The molecule has 0 radical (unpaired) electrons. The summed E-state index contributed by atoms with van der Waals surface area (Å²) in [6, 6.07) is 5.35. The highest BCUT2D eigenvalue weighted by Crippen LogP contribution is 2.29. The summed E-state index contributed by atoms with van der Waals surface area (Å²) in [7, 11) is 0. The van der Waals surface area contributed by atoms with Crippen molar-refractivity contribution in [3.63, 3.8) is 0 Å². The standard InChI is InChI=1S/C16H19BrClNO2/c1-11(20)10-12-6-3-2-4-9-19(12)16(21)13-7-5-8-14(17)15(13)18/h5,7-8,12H,2-4,6,9-10H2,1H3. The third-order valence-electron chi connectivity index (χ3n) is 3.84. The molecule has 1 saturated heterocycles. The van der Waals surface area contributed by atoms with E-state index in [9.17, 15) is 9.59 Å². The molecule has 21 heavy (non-hydrogen) atoms. The molecule has 1 unspecified atom stereocenters. The Morgan fingerprint density at radius 2 is 2.10 bits per heavy atom. The summed E-state index contributed by atoms with van der Waals surface area (Å²) in [4.78, 5) is 26.1. The number of rotatable bonds is 3. The lowest BCUT2D eigenvalue weighted by atomic mass is 10.0. The van der Waals surface area contributed by atoms with Crippen molar-refractivity contribution in [1.82, 2.24) is 4.90 Å². The third kappa shape index (κ3) is 4.07. The normalized spacial score (nSPS) is 19.2. The second-order valence-electron chi connectivity index (χ2n) is 5.51. The van der Waals surface area contributed by atoms with Gasteiger partial charge in [-0.15, -0.1) is 0 Å². The molecule has 3 nitrogen and oxygen atoms in total. The van der Waals surface area contributed by atoms with Crippen molar-refractivity contribution in [1.29, 1.82) is 0 Å². The Bertz CT molecular complexity index is 547. The molecule has 1 amide bonds. The summed E-state index contributed by atoms with van der Waals surface area (Å²) >= 11 is 9.59. The number of benzene rings is 1. The van der Waals surface area contributed by atoms with E-state index in [0.29, 0.717) is 28.0 Å². The van der Waals surface area contributed by atoms with Gasteiger partial charge in [-0.25, -0.2) is 0 Å². The first kappa shape index (κ1) is 16.5. The molecule has 0 aliphatic carbocycles. The van der Waals surface area contributed by atoms with Crippen LogP contribution in [-0.2, 0) is 4.79 Å². The van der Waals surface area contributed by atoms with E-state index in [1.165, 1.54) is 0 Å². The molecule has 1 atom stereocenters. The topological polar surface area (TPSA) is 37.4 Å². The third-order valence-corrected chi connectivity index (χ3v) is 5.14. The van der Waals surface area contributed by atoms with E-state index < -0.39 is 0 Å². The van der Waals surface area contributed by atoms with Gasteiger partial charge in [0.1, 0.15) is 5.78 Å². The fourth-order valence-electron chi connectivity index (χ4n) is 2.81. The number of carbonyl (C=O) groups is 2. The Balaban J connectivity index is 2.28. The lowest BCUT2D eigenvalue weighted by molar-refractivity contribution is -0.118. The Hall–Kier alpha value is -0.870. The second kappa shape index (κ2) is 7.41. The minimum Gasteiger partial charge on any atom is -0.335 e. The largest absolute Gasteiger partial charge is 0.335 e. The van der Waals surface area contributed by atoms with Crippen LogP contribution in [0.25, 0.3) is 0 Å². The molecule has 0 N–H and O–H groups in total. The maximum atomic E-state index is 12.8. The van der Waals surface area contributed by atoms with E-state index in [0.717, 1.165) is 25.7 Å². The molecule has 1 fully saturated rings. The second-order valence-corrected chi connectivity index (χ2v) is 6.74. The highest BCUT2D eigenvalue weighted by molar-refractivity contribution is 9.10. The van der Waals surface area contributed by atoms with Gasteiger partial charge in [0, 0.05) is 23.5 Å². The van der Waals surface area contributed by atoms with E-state index >= 15 is 0 Å². The van der Waals surface area contributed by atoms with E-state index in [4.69, 9.17) is 11.6 Å². The number of hydrogen-bond acceptors (Lipinski definition) is 2. The number of hydrogen-bond donors (Lipinski definition) is 0. The van der Waals surface area contributed by atoms with Crippen LogP contribution in [0.5, 0.6) is 0 Å². The van der Waals surface area contributed by atoms with Gasteiger partial charge in [-0.05, 0) is 47.8 Å². The molecular formula is C16H19BrClNO2. The van der Waals surface area contributed by atoms with Crippen molar-refractivity contribution in [3.05, 3.63) is 33.3 Å². The van der Waals surface area contributed by atoms with Gasteiger partial charge in [0.2, 0.25) is 0 Å². The minimum absolute atomic E-state index is 0.00690. The predicted molar refractivity (Wildman–Crippen MR) is 87.7 cm³/mol. The van der Waals surface area contributed by atoms with Gasteiger partial charge in [-0.2, -0.15) is 0 Å². The maximum absolute atomic E-state index is 12.8. The summed E-state index contributed by atoms with van der Waals surface area (Å²) in [5.41, 5.74) is 0.501. The average molecular weight is 373 g/mol. The summed E-state index contributed by atoms with van der Waals surface area (Å²) in [6.07, 6.45) is 4.46. The lowest BCUT2D eigenvalue weighted by Gasteiger charge is -2.30. The highest BCUT2D eigenvalue weighted by Gasteiger charge is 2.28. The van der Waals surface area contributed by atoms with Crippen LogP contribution in [0, 0.1) is 0 Å². The zero-order valence-electron chi connectivity index (χ0n) is 12.1. The molecule has 0 spiro atoms. The number of carbonyl (C=O) groups excluding carboxylic acids is 2. The number of likely N-dealkylation sites (tertiary alicyclic amines) is 1. The number of amides is 1. The van der Waals surface area contributed by atoms with Gasteiger partial charge >= 0.3 is 0 Å². The summed E-state index contributed by atoms with van der Waals surface area (Å²) < 4.78 is 0.716. The average Bonchev–Trinajstić information content (AvgIpc) is 2.66. The van der Waals surface area contributed by atoms with Crippen molar-refractivity contribution in [2.45, 2.75) is 45.1 Å². The number of Topliss-reactive ketones (excluding diaryl/α,β-unsaturated/α-hetero) is 1. The van der Waals surface area contributed by atoms with Crippen LogP contribution in [0.15, 0.2) is 22.7 Å². The zero-order valence-corrected chi connectivity index (χ0v) is 14.4. The zero-order chi connectivity index (χ0) is 15.4. The number of nitrogens with zero attached hydrogens (tertiary/aromatic N) is 1. The maximum Gasteiger partial charge on any atom is 0.255 e. The Morgan fingerprint density at radius 1 is 1.33 bits per heavy atom. The molecule has 1 aliphatic heterocycles. The Labute approximate surface area is 138 Å². The van der Waals surface area contributed by atoms with Crippen molar-refractivity contribution in [3.8, 4) is 0 Å². The monoisotopic (exact) mass is 371 g/mol. The number of ketones is 1.